The second kappa shape index (κ2) is 9.41. The molecule has 0 aliphatic heterocycles. The van der Waals surface area contributed by atoms with E-state index in [4.69, 9.17) is 14.2 Å². The Morgan fingerprint density at radius 3 is 2.57 bits per heavy atom. The third-order valence-corrected chi connectivity index (χ3v) is 3.98. The third kappa shape index (κ3) is 5.23. The number of hydrogen-bond acceptors (Lipinski definition) is 5. The van der Waals surface area contributed by atoms with Gasteiger partial charge in [-0.3, -0.25) is 4.79 Å². The topological polar surface area (TPSA) is 69.7 Å². The molecule has 1 amide bonds. The first-order chi connectivity index (χ1) is 13.7. The normalized spacial score (nSPS) is 10.2. The van der Waals surface area contributed by atoms with Crippen LogP contribution in [0.4, 0.5) is 5.69 Å². The van der Waals surface area contributed by atoms with E-state index in [1.165, 1.54) is 6.20 Å². The van der Waals surface area contributed by atoms with E-state index in [0.29, 0.717) is 28.8 Å². The Kier molecular flexibility index (Phi) is 6.46. The fourth-order valence-electron chi connectivity index (χ4n) is 2.53. The number of amides is 1. The summed E-state index contributed by atoms with van der Waals surface area (Å²) in [5.74, 6) is 1.99. The largest absolute Gasteiger partial charge is 0.493 e. The van der Waals surface area contributed by atoms with Crippen molar-refractivity contribution in [3.05, 3.63) is 72.4 Å². The van der Waals surface area contributed by atoms with Gasteiger partial charge in [0.1, 0.15) is 5.75 Å². The van der Waals surface area contributed by atoms with Crippen LogP contribution in [0.3, 0.4) is 0 Å². The van der Waals surface area contributed by atoms with E-state index in [1.807, 2.05) is 36.4 Å². The Morgan fingerprint density at radius 2 is 1.86 bits per heavy atom. The summed E-state index contributed by atoms with van der Waals surface area (Å²) in [6, 6.07) is 18.4. The van der Waals surface area contributed by atoms with Crippen molar-refractivity contribution in [2.75, 3.05) is 19.0 Å². The number of aromatic nitrogens is 1. The number of methoxy groups -OCH3 is 1. The summed E-state index contributed by atoms with van der Waals surface area (Å²) in [5, 5.41) is 2.75. The highest BCUT2D eigenvalue weighted by Gasteiger charge is 2.07. The van der Waals surface area contributed by atoms with E-state index in [1.54, 1.807) is 31.4 Å². The van der Waals surface area contributed by atoms with Crippen molar-refractivity contribution in [2.45, 2.75) is 13.3 Å². The van der Waals surface area contributed by atoms with Crippen LogP contribution in [0.5, 0.6) is 23.1 Å². The molecule has 1 aromatic heterocycles. The number of nitrogens with one attached hydrogen (secondary N) is 1. The van der Waals surface area contributed by atoms with Crippen LogP contribution in [0.2, 0.25) is 0 Å². The van der Waals surface area contributed by atoms with Gasteiger partial charge in [-0.1, -0.05) is 31.2 Å². The van der Waals surface area contributed by atoms with Crippen molar-refractivity contribution < 1.29 is 19.0 Å². The van der Waals surface area contributed by atoms with Gasteiger partial charge in [0.2, 0.25) is 5.88 Å². The molecule has 0 atom stereocenters. The molecule has 0 unspecified atom stereocenters. The predicted octanol–water partition coefficient (Wildman–Crippen LogP) is 4.46. The zero-order chi connectivity index (χ0) is 19.8. The average Bonchev–Trinajstić information content (AvgIpc) is 2.74. The van der Waals surface area contributed by atoms with Gasteiger partial charge in [0.15, 0.2) is 18.1 Å². The lowest BCUT2D eigenvalue weighted by molar-refractivity contribution is -0.118. The molecule has 0 radical (unpaired) electrons. The van der Waals surface area contributed by atoms with Gasteiger partial charge in [-0.15, -0.1) is 0 Å². The smallest absolute Gasteiger partial charge is 0.262 e. The van der Waals surface area contributed by atoms with Crippen LogP contribution in [0.15, 0.2) is 66.9 Å². The molecule has 0 fully saturated rings. The van der Waals surface area contributed by atoms with Gasteiger partial charge < -0.3 is 19.5 Å². The number of rotatable bonds is 8. The number of benzene rings is 2. The fourth-order valence-corrected chi connectivity index (χ4v) is 2.53. The van der Waals surface area contributed by atoms with E-state index in [9.17, 15) is 4.79 Å². The number of anilines is 1. The summed E-state index contributed by atoms with van der Waals surface area (Å²) in [5.41, 5.74) is 1.72. The summed E-state index contributed by atoms with van der Waals surface area (Å²) in [7, 11) is 1.58. The number of para-hydroxylation sites is 2. The first-order valence-corrected chi connectivity index (χ1v) is 8.96. The van der Waals surface area contributed by atoms with E-state index in [2.05, 4.69) is 17.2 Å². The number of carbonyl (C=O) groups excluding carboxylic acids is 1. The van der Waals surface area contributed by atoms with Gasteiger partial charge >= 0.3 is 0 Å². The maximum absolute atomic E-state index is 12.1. The van der Waals surface area contributed by atoms with Crippen molar-refractivity contribution in [2.24, 2.45) is 0 Å². The summed E-state index contributed by atoms with van der Waals surface area (Å²) in [6.07, 6.45) is 2.44. The predicted molar refractivity (Wildman–Crippen MR) is 107 cm³/mol. The third-order valence-electron chi connectivity index (χ3n) is 3.98. The molecule has 2 aromatic carbocycles. The Bertz CT molecular complexity index is 926. The lowest BCUT2D eigenvalue weighted by atomic mass is 10.2. The van der Waals surface area contributed by atoms with Gasteiger partial charge in [-0.25, -0.2) is 4.98 Å². The van der Waals surface area contributed by atoms with Gasteiger partial charge in [-0.2, -0.15) is 0 Å². The standard InChI is InChI=1S/C22H22N2O4/c1-3-16-7-6-8-18(13-16)27-15-21(25)24-17-11-12-22(23-14-17)28-20-10-5-4-9-19(20)26-2/h4-14H,3,15H2,1-2H3,(H,24,25). The van der Waals surface area contributed by atoms with Crippen LogP contribution in [-0.2, 0) is 11.2 Å². The quantitative estimate of drug-likeness (QED) is 0.627. The van der Waals surface area contributed by atoms with Crippen molar-refractivity contribution >= 4 is 11.6 Å². The lowest BCUT2D eigenvalue weighted by Gasteiger charge is -2.10. The highest BCUT2D eigenvalue weighted by atomic mass is 16.5. The molecule has 3 aromatic rings. The van der Waals surface area contributed by atoms with Crippen LogP contribution in [0, 0.1) is 0 Å². The molecule has 0 bridgehead atoms. The second-order valence-electron chi connectivity index (χ2n) is 5.98. The van der Waals surface area contributed by atoms with Crippen LogP contribution in [0.25, 0.3) is 0 Å². The molecule has 3 rings (SSSR count). The maximum Gasteiger partial charge on any atom is 0.262 e. The molecule has 0 saturated carbocycles. The molecule has 6 heteroatoms. The summed E-state index contributed by atoms with van der Waals surface area (Å²) in [4.78, 5) is 16.3. The van der Waals surface area contributed by atoms with E-state index < -0.39 is 0 Å². The average molecular weight is 378 g/mol. The monoisotopic (exact) mass is 378 g/mol. The van der Waals surface area contributed by atoms with Crippen LogP contribution >= 0.6 is 0 Å². The molecule has 6 nitrogen and oxygen atoms in total. The highest BCUT2D eigenvalue weighted by molar-refractivity contribution is 5.91. The first kappa shape index (κ1) is 19.2. The zero-order valence-corrected chi connectivity index (χ0v) is 15.8. The molecule has 0 aliphatic carbocycles. The van der Waals surface area contributed by atoms with Crippen molar-refractivity contribution in [1.82, 2.24) is 4.98 Å². The number of ether oxygens (including phenoxy) is 3. The first-order valence-electron chi connectivity index (χ1n) is 8.96. The van der Waals surface area contributed by atoms with Crippen molar-refractivity contribution in [3.8, 4) is 23.1 Å². The van der Waals surface area contributed by atoms with Crippen molar-refractivity contribution in [1.29, 1.82) is 0 Å². The minimum atomic E-state index is -0.262. The summed E-state index contributed by atoms with van der Waals surface area (Å²) >= 11 is 0. The molecule has 1 heterocycles. The van der Waals surface area contributed by atoms with Crippen LogP contribution < -0.4 is 19.5 Å². The molecule has 0 saturated heterocycles. The number of aryl methyl sites for hydroxylation is 1. The molecule has 1 N–H and O–H groups in total. The molecule has 144 valence electrons. The Morgan fingerprint density at radius 1 is 1.04 bits per heavy atom. The Balaban J connectivity index is 1.54. The van der Waals surface area contributed by atoms with Crippen LogP contribution in [-0.4, -0.2) is 24.6 Å². The highest BCUT2D eigenvalue weighted by Crippen LogP contribution is 2.30. The molecule has 0 aliphatic rings. The number of hydrogen-bond donors (Lipinski definition) is 1. The van der Waals surface area contributed by atoms with Crippen molar-refractivity contribution in [3.63, 3.8) is 0 Å². The number of carbonyl (C=O) groups is 1. The molecule has 28 heavy (non-hydrogen) atoms. The second-order valence-corrected chi connectivity index (χ2v) is 5.98. The number of pyridine rings is 1. The van der Waals surface area contributed by atoms with Gasteiger partial charge in [0.25, 0.3) is 5.91 Å². The van der Waals surface area contributed by atoms with Crippen LogP contribution in [0.1, 0.15) is 12.5 Å². The minimum Gasteiger partial charge on any atom is -0.493 e. The minimum absolute atomic E-state index is 0.0768. The Hall–Kier alpha value is -3.54. The Labute approximate surface area is 164 Å². The molecule has 0 spiro atoms. The van der Waals surface area contributed by atoms with E-state index in [-0.39, 0.29) is 12.5 Å². The zero-order valence-electron chi connectivity index (χ0n) is 15.8. The molecular weight excluding hydrogens is 356 g/mol. The SMILES string of the molecule is CCc1cccc(OCC(=O)Nc2ccc(Oc3ccccc3OC)nc2)c1. The van der Waals surface area contributed by atoms with E-state index >= 15 is 0 Å². The molecular formula is C22H22N2O4. The number of nitrogens with zero attached hydrogens (tertiary/aromatic N) is 1. The summed E-state index contributed by atoms with van der Waals surface area (Å²) < 4.78 is 16.5. The maximum atomic E-state index is 12.1. The van der Waals surface area contributed by atoms with E-state index in [0.717, 1.165) is 12.0 Å². The fraction of sp³-hybridized carbons (Fsp3) is 0.182. The van der Waals surface area contributed by atoms with Gasteiger partial charge in [-0.05, 0) is 42.3 Å². The lowest BCUT2D eigenvalue weighted by Crippen LogP contribution is -2.20. The van der Waals surface area contributed by atoms with Gasteiger partial charge in [0, 0.05) is 6.07 Å². The summed E-state index contributed by atoms with van der Waals surface area (Å²) in [6.45, 7) is 1.99. The van der Waals surface area contributed by atoms with Gasteiger partial charge in [0.05, 0.1) is 19.0 Å².